The molecule has 0 fully saturated rings. The normalized spacial score (nSPS) is 11.7. The van der Waals surface area contributed by atoms with Crippen LogP contribution in [0.3, 0.4) is 0 Å². The summed E-state index contributed by atoms with van der Waals surface area (Å²) in [6.07, 6.45) is 1.99. The fraction of sp³-hybridized carbons (Fsp3) is 0.235. The lowest BCUT2D eigenvalue weighted by atomic mass is 10.1. The molecular formula is C17H18N2O5. The molecule has 0 bridgehead atoms. The van der Waals surface area contributed by atoms with Gasteiger partial charge in [-0.3, -0.25) is 0 Å². The molecule has 24 heavy (non-hydrogen) atoms. The Hall–Kier alpha value is -2.93. The maximum Gasteiger partial charge on any atom is 0.335 e. The lowest BCUT2D eigenvalue weighted by Gasteiger charge is -2.19. The molecule has 0 aliphatic rings. The van der Waals surface area contributed by atoms with Crippen LogP contribution in [0.4, 0.5) is 5.82 Å². The molecule has 0 aliphatic carbocycles. The van der Waals surface area contributed by atoms with Crippen molar-refractivity contribution in [1.82, 2.24) is 4.98 Å². The predicted molar refractivity (Wildman–Crippen MR) is 87.2 cm³/mol. The number of anilines is 1. The molecule has 1 atom stereocenters. The van der Waals surface area contributed by atoms with Crippen molar-refractivity contribution < 1.29 is 24.5 Å². The number of aromatic carboxylic acids is 1. The van der Waals surface area contributed by atoms with Crippen molar-refractivity contribution in [3.05, 3.63) is 59.8 Å². The van der Waals surface area contributed by atoms with E-state index in [4.69, 9.17) is 14.9 Å². The Labute approximate surface area is 138 Å². The Morgan fingerprint density at radius 3 is 2.58 bits per heavy atom. The molecule has 1 aromatic heterocycles. The van der Waals surface area contributed by atoms with E-state index in [1.807, 2.05) is 30.3 Å². The van der Waals surface area contributed by atoms with Crippen LogP contribution in [0.5, 0.6) is 0 Å². The number of carbonyl (C=O) groups is 2. The van der Waals surface area contributed by atoms with E-state index in [-0.39, 0.29) is 18.2 Å². The third kappa shape index (κ3) is 5.69. The Kier molecular flexibility index (Phi) is 6.27. The van der Waals surface area contributed by atoms with Crippen LogP contribution in [-0.4, -0.2) is 46.4 Å². The number of hydrogen-bond acceptors (Lipinski definition) is 5. The summed E-state index contributed by atoms with van der Waals surface area (Å²) >= 11 is 0. The zero-order valence-electron chi connectivity index (χ0n) is 12.9. The van der Waals surface area contributed by atoms with Gasteiger partial charge in [0.2, 0.25) is 0 Å². The van der Waals surface area contributed by atoms with Gasteiger partial charge >= 0.3 is 11.9 Å². The van der Waals surface area contributed by atoms with Crippen molar-refractivity contribution in [2.24, 2.45) is 0 Å². The summed E-state index contributed by atoms with van der Waals surface area (Å²) in [6, 6.07) is 12.2. The molecule has 0 amide bonds. The van der Waals surface area contributed by atoms with E-state index in [0.29, 0.717) is 12.2 Å². The van der Waals surface area contributed by atoms with Crippen molar-refractivity contribution in [3.8, 4) is 0 Å². The molecular weight excluding hydrogens is 312 g/mol. The number of benzene rings is 1. The highest BCUT2D eigenvalue weighted by Crippen LogP contribution is 2.12. The molecule has 1 aromatic carbocycles. The molecule has 0 saturated heterocycles. The summed E-state index contributed by atoms with van der Waals surface area (Å²) in [5.41, 5.74) is 1.17. The third-order valence-electron chi connectivity index (χ3n) is 3.23. The van der Waals surface area contributed by atoms with E-state index in [2.05, 4.69) is 10.3 Å². The largest absolute Gasteiger partial charge is 0.480 e. The number of nitrogens with one attached hydrogen (secondary N) is 1. The summed E-state index contributed by atoms with van der Waals surface area (Å²) in [7, 11) is 0. The highest BCUT2D eigenvalue weighted by Gasteiger charge is 2.13. The molecule has 3 N–H and O–H groups in total. The van der Waals surface area contributed by atoms with Gasteiger partial charge in [0.15, 0.2) is 0 Å². The van der Waals surface area contributed by atoms with Crippen LogP contribution in [0.25, 0.3) is 0 Å². The van der Waals surface area contributed by atoms with Crippen LogP contribution in [0.2, 0.25) is 0 Å². The van der Waals surface area contributed by atoms with E-state index in [1.165, 1.54) is 18.3 Å². The smallest absolute Gasteiger partial charge is 0.335 e. The summed E-state index contributed by atoms with van der Waals surface area (Å²) in [6.45, 7) is -0.240. The van der Waals surface area contributed by atoms with E-state index >= 15 is 0 Å². The summed E-state index contributed by atoms with van der Waals surface area (Å²) < 4.78 is 5.17. The molecule has 7 nitrogen and oxygen atoms in total. The quantitative estimate of drug-likeness (QED) is 0.644. The lowest BCUT2D eigenvalue weighted by Crippen LogP contribution is -2.29. The molecule has 2 rings (SSSR count). The Morgan fingerprint density at radius 2 is 1.92 bits per heavy atom. The van der Waals surface area contributed by atoms with Gasteiger partial charge in [-0.25, -0.2) is 14.6 Å². The number of hydrogen-bond donors (Lipinski definition) is 3. The average molecular weight is 330 g/mol. The second kappa shape index (κ2) is 8.64. The van der Waals surface area contributed by atoms with Crippen LogP contribution in [0.1, 0.15) is 15.9 Å². The number of pyridine rings is 1. The Bertz CT molecular complexity index is 690. The summed E-state index contributed by atoms with van der Waals surface area (Å²) in [4.78, 5) is 25.7. The average Bonchev–Trinajstić information content (AvgIpc) is 2.55. The molecule has 0 spiro atoms. The van der Waals surface area contributed by atoms with Gasteiger partial charge in [-0.05, 0) is 24.1 Å². The van der Waals surface area contributed by atoms with Gasteiger partial charge in [-0.1, -0.05) is 30.3 Å². The number of rotatable bonds is 9. The van der Waals surface area contributed by atoms with Crippen LogP contribution in [-0.2, 0) is 16.0 Å². The zero-order valence-corrected chi connectivity index (χ0v) is 12.9. The number of aliphatic carboxylic acids is 1. The van der Waals surface area contributed by atoms with Crippen LogP contribution < -0.4 is 5.32 Å². The molecule has 2 aromatic rings. The highest BCUT2D eigenvalue weighted by molar-refractivity contribution is 5.88. The van der Waals surface area contributed by atoms with Gasteiger partial charge in [0, 0.05) is 6.20 Å². The molecule has 0 unspecified atom stereocenters. The van der Waals surface area contributed by atoms with Crippen molar-refractivity contribution in [2.45, 2.75) is 12.5 Å². The van der Waals surface area contributed by atoms with Crippen LogP contribution in [0, 0.1) is 0 Å². The lowest BCUT2D eigenvalue weighted by molar-refractivity contribution is -0.142. The first kappa shape index (κ1) is 17.4. The van der Waals surface area contributed by atoms with Crippen molar-refractivity contribution in [2.75, 3.05) is 18.5 Å². The molecule has 7 heteroatoms. The highest BCUT2D eigenvalue weighted by atomic mass is 16.5. The zero-order chi connectivity index (χ0) is 17.4. The first-order chi connectivity index (χ1) is 11.5. The van der Waals surface area contributed by atoms with E-state index in [0.717, 1.165) is 5.56 Å². The van der Waals surface area contributed by atoms with Crippen molar-refractivity contribution >= 4 is 17.8 Å². The minimum atomic E-state index is -1.04. The Balaban J connectivity index is 2.07. The monoisotopic (exact) mass is 330 g/mol. The molecule has 0 radical (unpaired) electrons. The maximum atomic E-state index is 11.0. The van der Waals surface area contributed by atoms with Crippen LogP contribution in [0.15, 0.2) is 48.7 Å². The first-order valence-electron chi connectivity index (χ1n) is 7.34. The van der Waals surface area contributed by atoms with Gasteiger partial charge in [0.25, 0.3) is 0 Å². The second-order valence-electron chi connectivity index (χ2n) is 5.17. The van der Waals surface area contributed by atoms with E-state index < -0.39 is 18.5 Å². The van der Waals surface area contributed by atoms with Crippen LogP contribution >= 0.6 is 0 Å². The van der Waals surface area contributed by atoms with Gasteiger partial charge in [-0.2, -0.15) is 0 Å². The number of carboxylic acid groups (broad SMARTS) is 2. The molecule has 0 aliphatic heterocycles. The number of ether oxygens (including phenoxy) is 1. The number of carboxylic acids is 2. The van der Waals surface area contributed by atoms with Gasteiger partial charge in [-0.15, -0.1) is 0 Å². The standard InChI is InChI=1S/C17H18N2O5/c20-16(21)11-24-10-14(8-12-4-2-1-3-5-12)19-15-9-13(17(22)23)6-7-18-15/h1-7,9,14H,8,10-11H2,(H,18,19)(H,20,21)(H,22,23)/t14-/m1/s1. The molecule has 1 heterocycles. The topological polar surface area (TPSA) is 109 Å². The van der Waals surface area contributed by atoms with Crippen molar-refractivity contribution in [1.29, 1.82) is 0 Å². The number of nitrogens with zero attached hydrogens (tertiary/aromatic N) is 1. The van der Waals surface area contributed by atoms with Crippen molar-refractivity contribution in [3.63, 3.8) is 0 Å². The maximum absolute atomic E-state index is 11.0. The van der Waals surface area contributed by atoms with E-state index in [9.17, 15) is 9.59 Å². The Morgan fingerprint density at radius 1 is 1.17 bits per heavy atom. The predicted octanol–water partition coefficient (Wildman–Crippen LogP) is 1.90. The number of aromatic nitrogens is 1. The summed E-state index contributed by atoms with van der Waals surface area (Å²) in [5, 5.41) is 20.8. The first-order valence-corrected chi connectivity index (χ1v) is 7.34. The van der Waals surface area contributed by atoms with Gasteiger partial charge < -0.3 is 20.3 Å². The molecule has 0 saturated carbocycles. The second-order valence-corrected chi connectivity index (χ2v) is 5.17. The van der Waals surface area contributed by atoms with Gasteiger partial charge in [0.1, 0.15) is 12.4 Å². The summed E-state index contributed by atoms with van der Waals surface area (Å²) in [5.74, 6) is -1.68. The minimum absolute atomic E-state index is 0.123. The third-order valence-corrected chi connectivity index (χ3v) is 3.23. The SMILES string of the molecule is O=C(O)COC[C@@H](Cc1ccccc1)Nc1cc(C(=O)O)ccn1. The minimum Gasteiger partial charge on any atom is -0.480 e. The van der Waals surface area contributed by atoms with Gasteiger partial charge in [0.05, 0.1) is 18.2 Å². The van der Waals surface area contributed by atoms with E-state index in [1.54, 1.807) is 0 Å². The fourth-order valence-corrected chi connectivity index (χ4v) is 2.19. The fourth-order valence-electron chi connectivity index (χ4n) is 2.19. The molecule has 126 valence electrons.